The first kappa shape index (κ1) is 18.3. The number of nitrogens with two attached hydrogens (primary N) is 1. The second kappa shape index (κ2) is 9.34. The first-order valence-corrected chi connectivity index (χ1v) is 8.78. The number of benzene rings is 1. The van der Waals surface area contributed by atoms with Gasteiger partial charge < -0.3 is 11.1 Å². The van der Waals surface area contributed by atoms with E-state index in [0.29, 0.717) is 0 Å². The van der Waals surface area contributed by atoms with Gasteiger partial charge in [0.15, 0.2) is 0 Å². The molecule has 3 nitrogen and oxygen atoms in total. The molecule has 0 aromatic heterocycles. The Morgan fingerprint density at radius 3 is 2.71 bits per heavy atom. The summed E-state index contributed by atoms with van der Waals surface area (Å²) in [5.74, 6) is 0.724. The molecule has 21 heavy (non-hydrogen) atoms. The van der Waals surface area contributed by atoms with Crippen LogP contribution in [0.2, 0.25) is 5.02 Å². The lowest BCUT2D eigenvalue weighted by atomic mass is 9.94. The lowest BCUT2D eigenvalue weighted by Gasteiger charge is -2.27. The molecule has 0 heterocycles. The minimum absolute atomic E-state index is 0.269. The van der Waals surface area contributed by atoms with E-state index >= 15 is 0 Å². The molecule has 3 N–H and O–H groups in total. The van der Waals surface area contributed by atoms with Crippen molar-refractivity contribution in [2.24, 2.45) is 5.73 Å². The summed E-state index contributed by atoms with van der Waals surface area (Å²) in [4.78, 5) is 12.7. The normalized spacial score (nSPS) is 13.9. The van der Waals surface area contributed by atoms with Gasteiger partial charge in [0.25, 0.3) is 0 Å². The Bertz CT molecular complexity index is 456. The maximum Gasteiger partial charge on any atom is 0.237 e. The molecule has 118 valence electrons. The van der Waals surface area contributed by atoms with Gasteiger partial charge in [-0.15, -0.1) is 11.8 Å². The van der Waals surface area contributed by atoms with Crippen molar-refractivity contribution in [2.75, 3.05) is 12.3 Å². The molecule has 1 amide bonds. The number of carbonyl (C=O) groups excluding carboxylic acids is 1. The van der Waals surface area contributed by atoms with Gasteiger partial charge in [0, 0.05) is 4.90 Å². The van der Waals surface area contributed by atoms with Crippen molar-refractivity contribution >= 4 is 29.3 Å². The van der Waals surface area contributed by atoms with Crippen LogP contribution in [0.4, 0.5) is 0 Å². The average molecular weight is 329 g/mol. The molecule has 0 spiro atoms. The predicted octanol–water partition coefficient (Wildman–Crippen LogP) is 3.85. The highest BCUT2D eigenvalue weighted by molar-refractivity contribution is 7.99. The standard InChI is InChI=1S/C16H25ClN2OS/c1-3-11-19-16(2,15(18)20)10-6-7-12-21-14-9-5-4-8-13(14)17/h4-5,8-9,19H,3,6-7,10-12H2,1-2H3,(H2,18,20). The van der Waals surface area contributed by atoms with Crippen LogP contribution in [0.3, 0.4) is 0 Å². The number of amides is 1. The molecule has 0 aliphatic carbocycles. The molecule has 5 heteroatoms. The molecule has 1 rings (SSSR count). The van der Waals surface area contributed by atoms with E-state index in [1.54, 1.807) is 11.8 Å². The van der Waals surface area contributed by atoms with E-state index in [9.17, 15) is 4.79 Å². The molecular weight excluding hydrogens is 304 g/mol. The summed E-state index contributed by atoms with van der Waals surface area (Å²) in [5, 5.41) is 4.06. The first-order valence-electron chi connectivity index (χ1n) is 7.42. The van der Waals surface area contributed by atoms with Gasteiger partial charge in [-0.25, -0.2) is 0 Å². The third-order valence-electron chi connectivity index (χ3n) is 3.47. The number of unbranched alkanes of at least 4 members (excludes halogenated alkanes) is 1. The third-order valence-corrected chi connectivity index (χ3v) is 5.08. The summed E-state index contributed by atoms with van der Waals surface area (Å²) >= 11 is 7.87. The number of halogens is 1. The zero-order chi connectivity index (χ0) is 15.7. The smallest absolute Gasteiger partial charge is 0.237 e. The maximum atomic E-state index is 11.6. The van der Waals surface area contributed by atoms with Crippen molar-refractivity contribution in [2.45, 2.75) is 50.0 Å². The fourth-order valence-corrected chi connectivity index (χ4v) is 3.27. The molecule has 0 aliphatic rings. The Hall–Kier alpha value is -0.710. The molecule has 1 atom stereocenters. The van der Waals surface area contributed by atoms with Crippen LogP contribution in [-0.2, 0) is 4.79 Å². The Balaban J connectivity index is 2.32. The second-order valence-electron chi connectivity index (χ2n) is 5.36. The number of thioether (sulfide) groups is 1. The minimum Gasteiger partial charge on any atom is -0.368 e. The molecule has 0 aliphatic heterocycles. The van der Waals surface area contributed by atoms with Crippen LogP contribution in [0, 0.1) is 0 Å². The number of primary amides is 1. The van der Waals surface area contributed by atoms with Crippen molar-refractivity contribution in [3.8, 4) is 0 Å². The van der Waals surface area contributed by atoms with Crippen LogP contribution >= 0.6 is 23.4 Å². The summed E-state index contributed by atoms with van der Waals surface area (Å²) in [6, 6.07) is 7.86. The van der Waals surface area contributed by atoms with E-state index in [0.717, 1.165) is 47.9 Å². The molecule has 1 aromatic rings. The van der Waals surface area contributed by atoms with Gasteiger partial charge in [-0.1, -0.05) is 37.1 Å². The summed E-state index contributed by atoms with van der Waals surface area (Å²) in [7, 11) is 0. The highest BCUT2D eigenvalue weighted by Crippen LogP contribution is 2.27. The molecular formula is C16H25ClN2OS. The molecule has 0 saturated carbocycles. The lowest BCUT2D eigenvalue weighted by Crippen LogP contribution is -2.53. The van der Waals surface area contributed by atoms with Crippen LogP contribution < -0.4 is 11.1 Å². The fraction of sp³-hybridized carbons (Fsp3) is 0.562. The third kappa shape index (κ3) is 6.29. The van der Waals surface area contributed by atoms with Gasteiger partial charge >= 0.3 is 0 Å². The van der Waals surface area contributed by atoms with E-state index < -0.39 is 5.54 Å². The molecule has 0 radical (unpaired) electrons. The Morgan fingerprint density at radius 2 is 2.10 bits per heavy atom. The van der Waals surface area contributed by atoms with Gasteiger partial charge in [-0.05, 0) is 50.6 Å². The Morgan fingerprint density at radius 1 is 1.38 bits per heavy atom. The predicted molar refractivity (Wildman–Crippen MR) is 91.9 cm³/mol. The summed E-state index contributed by atoms with van der Waals surface area (Å²) in [6.07, 6.45) is 3.76. The lowest BCUT2D eigenvalue weighted by molar-refractivity contribution is -0.124. The Kier molecular flexibility index (Phi) is 8.15. The molecule has 0 bridgehead atoms. The van der Waals surface area contributed by atoms with Crippen molar-refractivity contribution in [3.63, 3.8) is 0 Å². The minimum atomic E-state index is -0.592. The van der Waals surface area contributed by atoms with E-state index in [1.165, 1.54) is 0 Å². The number of carbonyl (C=O) groups is 1. The van der Waals surface area contributed by atoms with E-state index in [2.05, 4.69) is 12.2 Å². The summed E-state index contributed by atoms with van der Waals surface area (Å²) in [6.45, 7) is 4.79. The van der Waals surface area contributed by atoms with Gasteiger partial charge in [0.2, 0.25) is 5.91 Å². The van der Waals surface area contributed by atoms with Gasteiger partial charge in [0.1, 0.15) is 0 Å². The first-order chi connectivity index (χ1) is 9.99. The zero-order valence-electron chi connectivity index (χ0n) is 12.8. The highest BCUT2D eigenvalue weighted by Gasteiger charge is 2.29. The van der Waals surface area contributed by atoms with Crippen LogP contribution in [0.1, 0.15) is 39.5 Å². The molecule has 1 aromatic carbocycles. The topological polar surface area (TPSA) is 55.1 Å². The largest absolute Gasteiger partial charge is 0.368 e. The number of hydrogen-bond acceptors (Lipinski definition) is 3. The van der Waals surface area contributed by atoms with E-state index in [1.807, 2.05) is 31.2 Å². The SMILES string of the molecule is CCCNC(C)(CCCCSc1ccccc1Cl)C(N)=O. The zero-order valence-corrected chi connectivity index (χ0v) is 14.4. The van der Waals surface area contributed by atoms with Crippen molar-refractivity contribution < 1.29 is 4.79 Å². The number of nitrogens with one attached hydrogen (secondary N) is 1. The summed E-state index contributed by atoms with van der Waals surface area (Å²) < 4.78 is 0. The van der Waals surface area contributed by atoms with Crippen LogP contribution in [0.15, 0.2) is 29.2 Å². The molecule has 0 fully saturated rings. The Labute approximate surface area is 137 Å². The van der Waals surface area contributed by atoms with E-state index in [-0.39, 0.29) is 5.91 Å². The number of hydrogen-bond donors (Lipinski definition) is 2. The van der Waals surface area contributed by atoms with Crippen LogP contribution in [0.5, 0.6) is 0 Å². The fourth-order valence-electron chi connectivity index (χ4n) is 2.02. The number of rotatable bonds is 10. The average Bonchev–Trinajstić information content (AvgIpc) is 2.46. The molecule has 0 saturated heterocycles. The van der Waals surface area contributed by atoms with Crippen molar-refractivity contribution in [1.82, 2.24) is 5.32 Å². The van der Waals surface area contributed by atoms with Gasteiger partial charge in [-0.2, -0.15) is 0 Å². The quantitative estimate of drug-likeness (QED) is 0.506. The van der Waals surface area contributed by atoms with E-state index in [4.69, 9.17) is 17.3 Å². The van der Waals surface area contributed by atoms with Crippen molar-refractivity contribution in [3.05, 3.63) is 29.3 Å². The highest BCUT2D eigenvalue weighted by atomic mass is 35.5. The van der Waals surface area contributed by atoms with Gasteiger partial charge in [-0.3, -0.25) is 4.79 Å². The van der Waals surface area contributed by atoms with Crippen LogP contribution in [0.25, 0.3) is 0 Å². The van der Waals surface area contributed by atoms with Gasteiger partial charge in [0.05, 0.1) is 10.6 Å². The maximum absolute atomic E-state index is 11.6. The second-order valence-corrected chi connectivity index (χ2v) is 6.90. The molecule has 1 unspecified atom stereocenters. The van der Waals surface area contributed by atoms with Crippen LogP contribution in [-0.4, -0.2) is 23.7 Å². The van der Waals surface area contributed by atoms with Crippen molar-refractivity contribution in [1.29, 1.82) is 0 Å². The summed E-state index contributed by atoms with van der Waals surface area (Å²) in [5.41, 5.74) is 4.92. The monoisotopic (exact) mass is 328 g/mol.